The molecule has 0 bridgehead atoms. The van der Waals surface area contributed by atoms with Crippen molar-refractivity contribution in [3.8, 4) is 11.5 Å². The molecule has 9 heteroatoms. The number of phenols is 1. The summed E-state index contributed by atoms with van der Waals surface area (Å²) < 4.78 is 16.2. The van der Waals surface area contributed by atoms with E-state index in [4.69, 9.17) is 25.8 Å². The van der Waals surface area contributed by atoms with E-state index >= 15 is 0 Å². The number of nitrogens with zero attached hydrogens (tertiary/aromatic N) is 3. The van der Waals surface area contributed by atoms with Gasteiger partial charge in [-0.2, -0.15) is 0 Å². The fourth-order valence-electron chi connectivity index (χ4n) is 3.39. The van der Waals surface area contributed by atoms with Gasteiger partial charge in [0.05, 0.1) is 25.8 Å². The Labute approximate surface area is 179 Å². The Balaban J connectivity index is 1.61. The standard InChI is InChI=1S/C21H23ClN4O4/c1-26(11-20-29-5-6-30-20)10-13-3-4-14(22)7-16(13)25-21-15-8-18(27)19(28-2)9-17(15)23-12-24-21/h3-4,7-9,12,20,27H,5-6,10-11H2,1-2H3,(H,23,24,25). The molecule has 158 valence electrons. The minimum absolute atomic E-state index is 0.0189. The van der Waals surface area contributed by atoms with Crippen molar-refractivity contribution >= 4 is 34.0 Å². The number of phenolic OH excluding ortho intramolecular Hbond substituents is 1. The van der Waals surface area contributed by atoms with Crippen molar-refractivity contribution in [3.63, 3.8) is 0 Å². The molecule has 2 N–H and O–H groups in total. The number of methoxy groups -OCH3 is 1. The fourth-order valence-corrected chi connectivity index (χ4v) is 3.56. The van der Waals surface area contributed by atoms with Gasteiger partial charge in [-0.1, -0.05) is 17.7 Å². The average Bonchev–Trinajstić information content (AvgIpc) is 3.23. The number of aromatic hydroxyl groups is 1. The van der Waals surface area contributed by atoms with E-state index in [-0.39, 0.29) is 12.0 Å². The number of likely N-dealkylation sites (N-methyl/N-ethyl adjacent to an activating group) is 1. The van der Waals surface area contributed by atoms with E-state index in [1.165, 1.54) is 13.4 Å². The Morgan fingerprint density at radius 2 is 2.03 bits per heavy atom. The van der Waals surface area contributed by atoms with Crippen LogP contribution in [0, 0.1) is 0 Å². The number of hydrogen-bond acceptors (Lipinski definition) is 8. The first-order chi connectivity index (χ1) is 14.5. The first-order valence-corrected chi connectivity index (χ1v) is 9.90. The molecular weight excluding hydrogens is 408 g/mol. The number of fused-ring (bicyclic) bond motifs is 1. The Hall–Kier alpha value is -2.65. The predicted molar refractivity (Wildman–Crippen MR) is 115 cm³/mol. The van der Waals surface area contributed by atoms with Crippen molar-refractivity contribution < 1.29 is 19.3 Å². The molecule has 2 aromatic carbocycles. The fraction of sp³-hybridized carbons (Fsp3) is 0.333. The van der Waals surface area contributed by atoms with Crippen LogP contribution in [0.15, 0.2) is 36.7 Å². The third-order valence-electron chi connectivity index (χ3n) is 4.85. The van der Waals surface area contributed by atoms with Crippen LogP contribution in [0.4, 0.5) is 11.5 Å². The zero-order chi connectivity index (χ0) is 21.1. The average molecular weight is 431 g/mol. The van der Waals surface area contributed by atoms with Gasteiger partial charge in [0, 0.05) is 35.3 Å². The molecule has 3 aromatic rings. The highest BCUT2D eigenvalue weighted by Crippen LogP contribution is 2.34. The highest BCUT2D eigenvalue weighted by atomic mass is 35.5. The second-order valence-corrected chi connectivity index (χ2v) is 7.49. The Bertz CT molecular complexity index is 1040. The highest BCUT2D eigenvalue weighted by molar-refractivity contribution is 6.30. The number of aromatic nitrogens is 2. The van der Waals surface area contributed by atoms with Crippen LogP contribution in [0.3, 0.4) is 0 Å². The lowest BCUT2D eigenvalue weighted by atomic mass is 10.1. The first kappa shape index (κ1) is 20.6. The van der Waals surface area contributed by atoms with Gasteiger partial charge in [0.2, 0.25) is 0 Å². The van der Waals surface area contributed by atoms with E-state index in [1.807, 2.05) is 25.2 Å². The molecule has 0 amide bonds. The molecule has 8 nitrogen and oxygen atoms in total. The van der Waals surface area contributed by atoms with Crippen molar-refractivity contribution in [2.45, 2.75) is 12.8 Å². The molecule has 0 radical (unpaired) electrons. The Morgan fingerprint density at radius 1 is 1.23 bits per heavy atom. The lowest BCUT2D eigenvalue weighted by Gasteiger charge is -2.22. The molecule has 0 atom stereocenters. The lowest BCUT2D eigenvalue weighted by molar-refractivity contribution is -0.0592. The van der Waals surface area contributed by atoms with Crippen molar-refractivity contribution in [2.75, 3.05) is 39.2 Å². The summed E-state index contributed by atoms with van der Waals surface area (Å²) in [5.74, 6) is 0.936. The summed E-state index contributed by atoms with van der Waals surface area (Å²) in [7, 11) is 3.51. The zero-order valence-corrected chi connectivity index (χ0v) is 17.5. The first-order valence-electron chi connectivity index (χ1n) is 9.52. The van der Waals surface area contributed by atoms with Crippen LogP contribution in [-0.2, 0) is 16.0 Å². The summed E-state index contributed by atoms with van der Waals surface area (Å²) in [6, 6.07) is 8.94. The minimum Gasteiger partial charge on any atom is -0.504 e. The van der Waals surface area contributed by atoms with Crippen molar-refractivity contribution in [3.05, 3.63) is 47.2 Å². The summed E-state index contributed by atoms with van der Waals surface area (Å²) in [6.07, 6.45) is 1.26. The van der Waals surface area contributed by atoms with E-state index < -0.39 is 0 Å². The number of hydrogen-bond donors (Lipinski definition) is 2. The molecule has 0 spiro atoms. The zero-order valence-electron chi connectivity index (χ0n) is 16.8. The summed E-state index contributed by atoms with van der Waals surface area (Å²) in [6.45, 7) is 2.58. The van der Waals surface area contributed by atoms with Gasteiger partial charge < -0.3 is 24.6 Å². The summed E-state index contributed by atoms with van der Waals surface area (Å²) in [5.41, 5.74) is 2.50. The third kappa shape index (κ3) is 4.57. The van der Waals surface area contributed by atoms with Crippen molar-refractivity contribution in [1.29, 1.82) is 0 Å². The van der Waals surface area contributed by atoms with Crippen molar-refractivity contribution in [2.24, 2.45) is 0 Å². The summed E-state index contributed by atoms with van der Waals surface area (Å²) in [5, 5.41) is 14.8. The molecule has 0 saturated carbocycles. The molecule has 1 aromatic heterocycles. The van der Waals surface area contributed by atoms with Crippen molar-refractivity contribution in [1.82, 2.24) is 14.9 Å². The maximum atomic E-state index is 10.2. The molecule has 1 aliphatic rings. The molecule has 4 rings (SSSR count). The van der Waals surface area contributed by atoms with Crippen LogP contribution < -0.4 is 10.1 Å². The second-order valence-electron chi connectivity index (χ2n) is 7.06. The van der Waals surface area contributed by atoms with Gasteiger partial charge in [0.1, 0.15) is 12.1 Å². The molecule has 30 heavy (non-hydrogen) atoms. The van der Waals surface area contributed by atoms with Crippen LogP contribution in [0.25, 0.3) is 10.9 Å². The van der Waals surface area contributed by atoms with E-state index in [9.17, 15) is 5.11 Å². The molecule has 0 unspecified atom stereocenters. The normalized spacial score (nSPS) is 14.5. The van der Waals surface area contributed by atoms with Gasteiger partial charge in [0.15, 0.2) is 17.8 Å². The van der Waals surface area contributed by atoms with E-state index in [1.54, 1.807) is 12.1 Å². The van der Waals surface area contributed by atoms with Crippen LogP contribution in [-0.4, -0.2) is 60.2 Å². The van der Waals surface area contributed by atoms with Crippen LogP contribution in [0.2, 0.25) is 5.02 Å². The molecule has 1 aliphatic heterocycles. The number of ether oxygens (including phenoxy) is 3. The Morgan fingerprint density at radius 3 is 2.80 bits per heavy atom. The quantitative estimate of drug-likeness (QED) is 0.588. The summed E-state index contributed by atoms with van der Waals surface area (Å²) in [4.78, 5) is 10.8. The predicted octanol–water partition coefficient (Wildman–Crippen LogP) is 3.55. The van der Waals surface area contributed by atoms with E-state index in [2.05, 4.69) is 20.2 Å². The van der Waals surface area contributed by atoms with E-state index in [0.29, 0.717) is 53.8 Å². The topological polar surface area (TPSA) is 89.0 Å². The third-order valence-corrected chi connectivity index (χ3v) is 5.09. The van der Waals surface area contributed by atoms with Gasteiger partial charge in [-0.25, -0.2) is 9.97 Å². The number of halogens is 1. The van der Waals surface area contributed by atoms with Gasteiger partial charge in [-0.3, -0.25) is 4.90 Å². The number of anilines is 2. The maximum Gasteiger partial charge on any atom is 0.170 e. The molecule has 1 saturated heterocycles. The molecule has 0 aliphatic carbocycles. The Kier molecular flexibility index (Phi) is 6.19. The van der Waals surface area contributed by atoms with E-state index in [0.717, 1.165) is 11.3 Å². The number of nitrogens with one attached hydrogen (secondary N) is 1. The van der Waals surface area contributed by atoms with Crippen LogP contribution in [0.1, 0.15) is 5.56 Å². The minimum atomic E-state index is -0.206. The second kappa shape index (κ2) is 9.01. The number of benzene rings is 2. The van der Waals surface area contributed by atoms with Gasteiger partial charge in [-0.15, -0.1) is 0 Å². The summed E-state index contributed by atoms with van der Waals surface area (Å²) >= 11 is 6.26. The van der Waals surface area contributed by atoms with Crippen LogP contribution in [0.5, 0.6) is 11.5 Å². The number of rotatable bonds is 7. The smallest absolute Gasteiger partial charge is 0.170 e. The van der Waals surface area contributed by atoms with Gasteiger partial charge in [-0.05, 0) is 30.8 Å². The highest BCUT2D eigenvalue weighted by Gasteiger charge is 2.19. The largest absolute Gasteiger partial charge is 0.504 e. The molecule has 1 fully saturated rings. The maximum absolute atomic E-state index is 10.2. The monoisotopic (exact) mass is 430 g/mol. The SMILES string of the molecule is COc1cc2ncnc(Nc3cc(Cl)ccc3CN(C)CC3OCCO3)c2cc1O. The lowest BCUT2D eigenvalue weighted by Crippen LogP contribution is -2.29. The molecule has 2 heterocycles. The van der Waals surface area contributed by atoms with Gasteiger partial charge >= 0.3 is 0 Å². The van der Waals surface area contributed by atoms with Gasteiger partial charge in [0.25, 0.3) is 0 Å². The molecular formula is C21H23ClN4O4. The van der Waals surface area contributed by atoms with Crippen LogP contribution >= 0.6 is 11.6 Å².